The van der Waals surface area contributed by atoms with Gasteiger partial charge in [-0.1, -0.05) is 30.7 Å². The van der Waals surface area contributed by atoms with E-state index in [0.29, 0.717) is 6.42 Å². The van der Waals surface area contributed by atoms with Gasteiger partial charge in [0.05, 0.1) is 6.04 Å². The van der Waals surface area contributed by atoms with E-state index in [1.165, 1.54) is 11.9 Å². The van der Waals surface area contributed by atoms with Crippen molar-refractivity contribution < 1.29 is 4.79 Å². The molecule has 0 saturated heterocycles. The van der Waals surface area contributed by atoms with Gasteiger partial charge in [-0.15, -0.1) is 0 Å². The number of aromatic nitrogens is 3. The van der Waals surface area contributed by atoms with E-state index in [2.05, 4.69) is 15.4 Å². The summed E-state index contributed by atoms with van der Waals surface area (Å²) in [5.74, 6) is 0.873. The molecule has 0 saturated carbocycles. The minimum atomic E-state index is -0.0829. The predicted molar refractivity (Wildman–Crippen MR) is 91.3 cm³/mol. The van der Waals surface area contributed by atoms with Crippen LogP contribution in [-0.4, -0.2) is 20.7 Å². The van der Waals surface area contributed by atoms with Crippen LogP contribution >= 0.6 is 11.6 Å². The van der Waals surface area contributed by atoms with Gasteiger partial charge in [-0.25, -0.2) is 9.67 Å². The average Bonchev–Trinajstić information content (AvgIpc) is 3.03. The molecular weight excluding hydrogens is 312 g/mol. The number of hydrogen-bond donors (Lipinski definition) is 1. The number of hydrogen-bond acceptors (Lipinski definition) is 3. The highest BCUT2D eigenvalue weighted by Crippen LogP contribution is 2.15. The van der Waals surface area contributed by atoms with Crippen LogP contribution in [0.3, 0.4) is 0 Å². The van der Waals surface area contributed by atoms with E-state index < -0.39 is 0 Å². The summed E-state index contributed by atoms with van der Waals surface area (Å²) < 4.78 is 1.82. The van der Waals surface area contributed by atoms with Crippen LogP contribution in [0.1, 0.15) is 50.5 Å². The third-order valence-corrected chi connectivity index (χ3v) is 4.03. The Labute approximate surface area is 142 Å². The van der Waals surface area contributed by atoms with Gasteiger partial charge in [0.25, 0.3) is 0 Å². The molecule has 1 unspecified atom stereocenters. The number of benzene rings is 1. The molecule has 0 aliphatic carbocycles. The fourth-order valence-corrected chi connectivity index (χ4v) is 2.63. The highest BCUT2D eigenvalue weighted by atomic mass is 35.5. The molecule has 1 N–H and O–H groups in total. The molecule has 1 atom stereocenters. The Morgan fingerprint density at radius 2 is 2.04 bits per heavy atom. The molecule has 1 heterocycles. The van der Waals surface area contributed by atoms with Crippen molar-refractivity contribution in [1.82, 2.24) is 20.1 Å². The third kappa shape index (κ3) is 5.06. The summed E-state index contributed by atoms with van der Waals surface area (Å²) >= 11 is 5.87. The predicted octanol–water partition coefficient (Wildman–Crippen LogP) is 3.54. The maximum Gasteiger partial charge on any atom is 0.220 e. The fraction of sp³-hybridized carbons (Fsp3) is 0.471. The van der Waals surface area contributed by atoms with Crippen molar-refractivity contribution in [2.75, 3.05) is 0 Å². The van der Waals surface area contributed by atoms with E-state index in [1.54, 1.807) is 0 Å². The molecule has 0 radical (unpaired) electrons. The SMILES string of the molecule is CCC(NC(=O)CCCc1ccc(Cl)cc1)c1ncnn1CC. The van der Waals surface area contributed by atoms with Crippen LogP contribution in [0.15, 0.2) is 30.6 Å². The van der Waals surface area contributed by atoms with Crippen LogP contribution in [0.4, 0.5) is 0 Å². The van der Waals surface area contributed by atoms with Crippen molar-refractivity contribution in [1.29, 1.82) is 0 Å². The number of rotatable bonds is 8. The molecule has 1 aromatic carbocycles. The van der Waals surface area contributed by atoms with E-state index in [0.717, 1.165) is 36.7 Å². The first-order chi connectivity index (χ1) is 11.1. The molecule has 0 aliphatic heterocycles. The normalized spacial score (nSPS) is 12.1. The molecule has 0 bridgehead atoms. The van der Waals surface area contributed by atoms with Crippen molar-refractivity contribution in [2.24, 2.45) is 0 Å². The summed E-state index contributed by atoms with van der Waals surface area (Å²) in [6.07, 6.45) is 4.51. The van der Waals surface area contributed by atoms with Gasteiger partial charge in [0.2, 0.25) is 5.91 Å². The molecule has 124 valence electrons. The van der Waals surface area contributed by atoms with Gasteiger partial charge in [0, 0.05) is 18.0 Å². The first-order valence-electron chi connectivity index (χ1n) is 8.05. The van der Waals surface area contributed by atoms with Crippen LogP contribution in [-0.2, 0) is 17.8 Å². The summed E-state index contributed by atoms with van der Waals surface area (Å²) in [4.78, 5) is 16.4. The maximum absolute atomic E-state index is 12.2. The quantitative estimate of drug-likeness (QED) is 0.803. The number of carbonyl (C=O) groups is 1. The first kappa shape index (κ1) is 17.5. The minimum Gasteiger partial charge on any atom is -0.346 e. The van der Waals surface area contributed by atoms with E-state index in [9.17, 15) is 4.79 Å². The standard InChI is InChI=1S/C17H23ClN4O/c1-3-15(17-19-12-20-22(17)4-2)21-16(23)7-5-6-13-8-10-14(18)11-9-13/h8-12,15H,3-7H2,1-2H3,(H,21,23). The molecule has 0 fully saturated rings. The molecule has 1 aromatic heterocycles. The summed E-state index contributed by atoms with van der Waals surface area (Å²) in [5.41, 5.74) is 1.19. The lowest BCUT2D eigenvalue weighted by molar-refractivity contribution is -0.122. The Morgan fingerprint density at radius 3 is 2.70 bits per heavy atom. The second-order valence-corrected chi connectivity index (χ2v) is 5.88. The van der Waals surface area contributed by atoms with Crippen LogP contribution in [0.2, 0.25) is 5.02 Å². The number of aryl methyl sites for hydroxylation is 2. The van der Waals surface area contributed by atoms with E-state index >= 15 is 0 Å². The molecule has 1 amide bonds. The van der Waals surface area contributed by atoms with Gasteiger partial charge >= 0.3 is 0 Å². The zero-order valence-electron chi connectivity index (χ0n) is 13.6. The molecule has 2 rings (SSSR count). The maximum atomic E-state index is 12.2. The molecule has 0 spiro atoms. The second-order valence-electron chi connectivity index (χ2n) is 5.44. The van der Waals surface area contributed by atoms with Crippen molar-refractivity contribution in [2.45, 2.75) is 52.1 Å². The lowest BCUT2D eigenvalue weighted by atomic mass is 10.1. The highest BCUT2D eigenvalue weighted by molar-refractivity contribution is 6.30. The minimum absolute atomic E-state index is 0.0523. The monoisotopic (exact) mass is 334 g/mol. The molecular formula is C17H23ClN4O. The number of halogens is 1. The van der Waals surface area contributed by atoms with Crippen molar-refractivity contribution in [3.8, 4) is 0 Å². The molecule has 23 heavy (non-hydrogen) atoms. The van der Waals surface area contributed by atoms with Crippen LogP contribution in [0.5, 0.6) is 0 Å². The summed E-state index contributed by atoms with van der Waals surface area (Å²) in [6.45, 7) is 4.80. The Bertz CT molecular complexity index is 624. The van der Waals surface area contributed by atoms with Crippen LogP contribution in [0.25, 0.3) is 0 Å². The van der Waals surface area contributed by atoms with E-state index in [4.69, 9.17) is 11.6 Å². The highest BCUT2D eigenvalue weighted by Gasteiger charge is 2.17. The lowest BCUT2D eigenvalue weighted by Gasteiger charge is -2.16. The van der Waals surface area contributed by atoms with Crippen molar-refractivity contribution >= 4 is 17.5 Å². The Balaban J connectivity index is 1.82. The third-order valence-electron chi connectivity index (χ3n) is 3.78. The zero-order valence-corrected chi connectivity index (χ0v) is 14.4. The van der Waals surface area contributed by atoms with Gasteiger partial charge in [-0.2, -0.15) is 5.10 Å². The van der Waals surface area contributed by atoms with Gasteiger partial charge in [0.1, 0.15) is 12.2 Å². The van der Waals surface area contributed by atoms with Crippen molar-refractivity contribution in [3.63, 3.8) is 0 Å². The topological polar surface area (TPSA) is 59.8 Å². The lowest BCUT2D eigenvalue weighted by Crippen LogP contribution is -2.30. The Morgan fingerprint density at radius 1 is 1.30 bits per heavy atom. The largest absolute Gasteiger partial charge is 0.346 e. The summed E-state index contributed by atoms with van der Waals surface area (Å²) in [7, 11) is 0. The summed E-state index contributed by atoms with van der Waals surface area (Å²) in [6, 6.07) is 7.67. The molecule has 2 aromatic rings. The second kappa shape index (κ2) is 8.67. The number of nitrogens with one attached hydrogen (secondary N) is 1. The van der Waals surface area contributed by atoms with E-state index in [-0.39, 0.29) is 11.9 Å². The fourth-order valence-electron chi connectivity index (χ4n) is 2.51. The first-order valence-corrected chi connectivity index (χ1v) is 8.43. The molecule has 0 aliphatic rings. The number of nitrogens with zero attached hydrogens (tertiary/aromatic N) is 3. The van der Waals surface area contributed by atoms with Crippen molar-refractivity contribution in [3.05, 3.63) is 47.0 Å². The van der Waals surface area contributed by atoms with Gasteiger partial charge < -0.3 is 5.32 Å². The van der Waals surface area contributed by atoms with Gasteiger partial charge in [-0.05, 0) is 43.9 Å². The Kier molecular flexibility index (Phi) is 6.59. The van der Waals surface area contributed by atoms with Crippen LogP contribution in [0, 0.1) is 0 Å². The number of carbonyl (C=O) groups excluding carboxylic acids is 1. The van der Waals surface area contributed by atoms with Crippen LogP contribution < -0.4 is 5.32 Å². The van der Waals surface area contributed by atoms with Gasteiger partial charge in [-0.3, -0.25) is 4.79 Å². The Hall–Kier alpha value is -1.88. The van der Waals surface area contributed by atoms with E-state index in [1.807, 2.05) is 42.8 Å². The smallest absolute Gasteiger partial charge is 0.220 e. The molecule has 5 nitrogen and oxygen atoms in total. The summed E-state index contributed by atoms with van der Waals surface area (Å²) in [5, 5.41) is 7.95. The molecule has 6 heteroatoms. The average molecular weight is 335 g/mol. The van der Waals surface area contributed by atoms with Gasteiger partial charge in [0.15, 0.2) is 0 Å². The zero-order chi connectivity index (χ0) is 16.7. The number of amides is 1.